The number of halogens is 4. The molecular weight excluding hydrogens is 1640 g/mol. The topological polar surface area (TPSA) is 90.5 Å². The van der Waals surface area contributed by atoms with Crippen molar-refractivity contribution in [2.75, 3.05) is 74.1 Å². The van der Waals surface area contributed by atoms with Gasteiger partial charge >= 0.3 is 266 Å². The monoisotopic (exact) mass is 1750 g/mol. The molecule has 0 aromatic heterocycles. The number of hydroxylamine groups is 4. The minimum atomic E-state index is -1.94. The molecule has 18 heteroatoms. The van der Waals surface area contributed by atoms with E-state index in [1.54, 1.807) is 31.6 Å². The summed E-state index contributed by atoms with van der Waals surface area (Å²) in [5.41, 5.74) is 19.2. The molecule has 2 amide bonds. The normalized spacial score (nSPS) is 14.0. The average Bonchev–Trinajstić information content (AvgIpc) is 1.57. The van der Waals surface area contributed by atoms with Crippen LogP contribution in [0.25, 0.3) is 0 Å². The van der Waals surface area contributed by atoms with Crippen LogP contribution in [-0.2, 0) is 41.3 Å². The van der Waals surface area contributed by atoms with Gasteiger partial charge in [0.2, 0.25) is 0 Å². The van der Waals surface area contributed by atoms with E-state index in [0.29, 0.717) is 53.1 Å². The molecule has 2 unspecified atom stereocenters. The summed E-state index contributed by atoms with van der Waals surface area (Å²) in [4.78, 5) is 43.4. The Kier molecular flexibility index (Phi) is 34.3. The second-order valence-corrected chi connectivity index (χ2v) is 52.2. The molecule has 6 aromatic rings. The Labute approximate surface area is 617 Å². The van der Waals surface area contributed by atoms with Crippen LogP contribution in [0.1, 0.15) is 228 Å². The first kappa shape index (κ1) is 82.7. The van der Waals surface area contributed by atoms with Gasteiger partial charge in [-0.15, -0.1) is 0 Å². The number of likely N-dealkylation sites (N-methyl/N-ethyl adjacent to an activating group) is 2. The number of carbonyl (C=O) groups excluding carboxylic acids is 2. The van der Waals surface area contributed by atoms with E-state index in [4.69, 9.17) is 38.5 Å². The van der Waals surface area contributed by atoms with Gasteiger partial charge < -0.3 is 19.6 Å². The predicted octanol–water partition coefficient (Wildman–Crippen LogP) is 20.7. The SMILES string of the molecule is CC(C)c1cccc(C(C)C)c1N1[CH-]N(c2c(C(C)C)cccc2C(C)C)CC1.CC(C)c1cccc(C(C)C)c1N1[CH-]N(c2c(C(C)C)cccc2C(C)C)CC1.CON(C)C(=O)C(C)Oc1ccccc1[CH]=[Ru]([Cl])[Cl].CON(C)C(=O)C(C)Oc1ccccc1[CH]=[Ru]([I])[I]. The van der Waals surface area contributed by atoms with Gasteiger partial charge in [-0.25, -0.2) is 0 Å². The fourth-order valence-electron chi connectivity index (χ4n) is 11.7. The predicted molar refractivity (Wildman–Crippen MR) is 419 cm³/mol. The Morgan fingerprint density at radius 1 is 0.406 bits per heavy atom. The van der Waals surface area contributed by atoms with E-state index >= 15 is 0 Å². The molecule has 2 saturated heterocycles. The van der Waals surface area contributed by atoms with Crippen LogP contribution in [0.5, 0.6) is 11.5 Å². The summed E-state index contributed by atoms with van der Waals surface area (Å²) in [6.45, 7) is 49.2. The zero-order valence-corrected chi connectivity index (χ0v) is 70.1. The number of anilines is 4. The first-order chi connectivity index (χ1) is 45.3. The van der Waals surface area contributed by atoms with Crippen LogP contribution in [-0.4, -0.2) is 97.9 Å². The summed E-state index contributed by atoms with van der Waals surface area (Å²) >= 11 is 2.96. The van der Waals surface area contributed by atoms with Crippen molar-refractivity contribution in [3.8, 4) is 11.5 Å². The summed E-state index contributed by atoms with van der Waals surface area (Å²) < 4.78 is 15.4. The zero-order valence-electron chi connectivity index (χ0n) is 60.8. The molecule has 0 saturated carbocycles. The Bertz CT molecular complexity index is 3070. The van der Waals surface area contributed by atoms with Crippen LogP contribution in [0.2, 0.25) is 0 Å². The van der Waals surface area contributed by atoms with Crippen molar-refractivity contribution >= 4 is 103 Å². The quantitative estimate of drug-likeness (QED) is 0.0283. The van der Waals surface area contributed by atoms with Crippen LogP contribution in [0, 0.1) is 13.3 Å². The fraction of sp³-hybridized carbons (Fsp3) is 0.462. The van der Waals surface area contributed by atoms with Crippen molar-refractivity contribution in [2.45, 2.75) is 184 Å². The minimum absolute atomic E-state index is 0.213. The van der Waals surface area contributed by atoms with Gasteiger partial charge in [0.25, 0.3) is 0 Å². The molecule has 0 N–H and O–H groups in total. The van der Waals surface area contributed by atoms with Gasteiger partial charge in [0.05, 0.1) is 0 Å². The number of nitrogens with zero attached hydrogens (tertiary/aromatic N) is 6. The van der Waals surface area contributed by atoms with Gasteiger partial charge in [0, 0.05) is 48.9 Å². The number of amides is 2. The summed E-state index contributed by atoms with van der Waals surface area (Å²) in [5.74, 6) is 4.94. The van der Waals surface area contributed by atoms with Crippen molar-refractivity contribution in [3.05, 3.63) is 190 Å². The summed E-state index contributed by atoms with van der Waals surface area (Å²) in [6.07, 6.45) is -1.24. The Morgan fingerprint density at radius 3 is 0.844 bits per heavy atom. The molecule has 96 heavy (non-hydrogen) atoms. The van der Waals surface area contributed by atoms with Crippen LogP contribution in [0.3, 0.4) is 0 Å². The van der Waals surface area contributed by atoms with Gasteiger partial charge in [-0.3, -0.25) is 0 Å². The Morgan fingerprint density at radius 2 is 0.635 bits per heavy atom. The van der Waals surface area contributed by atoms with E-state index in [1.807, 2.05) is 42.5 Å². The molecule has 2 aliphatic rings. The number of ether oxygens (including phenoxy) is 2. The standard InChI is InChI=1S/2C27H39N2.2C12H15NO3.2ClH.2HI.2Ru/c2*1-18(2)22-11-9-12-23(19(3)4)26(22)28-15-16-29(17-28)27-24(20(5)6)13-10-14-25(27)21(7)8;2*1-9-7-5-6-8-11(9)16-10(2)12(14)13(3)15-4;;;;;;/h2*9-14,17-21H,15-16H2,1-8H3;2*1,5-8,10H,2-4H3;4*1H;;/q2*-1;;;;;;;2*+2/p-4. The van der Waals surface area contributed by atoms with Crippen LogP contribution >= 0.6 is 58.9 Å². The second kappa shape index (κ2) is 39.9. The number of carbonyl (C=O) groups is 2. The maximum atomic E-state index is 11.9. The van der Waals surface area contributed by atoms with Gasteiger partial charge in [-0.2, -0.15) is 13.3 Å². The molecule has 0 bridgehead atoms. The van der Waals surface area contributed by atoms with Crippen molar-refractivity contribution in [3.63, 3.8) is 0 Å². The number of para-hydroxylation sites is 6. The second-order valence-electron chi connectivity index (χ2n) is 26.6. The van der Waals surface area contributed by atoms with Crippen molar-refractivity contribution < 1.29 is 50.7 Å². The number of hydrogen-bond donors (Lipinski definition) is 0. The summed E-state index contributed by atoms with van der Waals surface area (Å²) in [5, 5.41) is 2.30. The van der Waals surface area contributed by atoms with E-state index in [0.717, 1.165) is 48.1 Å². The van der Waals surface area contributed by atoms with E-state index in [-0.39, 0.29) is 11.8 Å². The number of benzene rings is 6. The molecule has 532 valence electrons. The van der Waals surface area contributed by atoms with Gasteiger partial charge in [0.1, 0.15) is 0 Å². The first-order valence-electron chi connectivity index (χ1n) is 33.4. The molecule has 2 heterocycles. The molecule has 12 nitrogen and oxygen atoms in total. The van der Waals surface area contributed by atoms with E-state index in [1.165, 1.54) is 93.6 Å². The molecular formula is C78H108Cl2I2N6O6Ru2-2. The molecule has 8 rings (SSSR count). The van der Waals surface area contributed by atoms with E-state index < -0.39 is 34.2 Å². The molecule has 2 fully saturated rings. The van der Waals surface area contributed by atoms with E-state index in [2.05, 4.69) is 261 Å². The molecule has 0 radical (unpaired) electrons. The fourth-order valence-corrected chi connectivity index (χ4v) is 17.2. The van der Waals surface area contributed by atoms with Crippen molar-refractivity contribution in [1.29, 1.82) is 0 Å². The molecule has 6 aromatic carbocycles. The molecule has 0 spiro atoms. The van der Waals surface area contributed by atoms with Crippen LogP contribution in [0.15, 0.2) is 121 Å². The number of rotatable bonds is 22. The van der Waals surface area contributed by atoms with Crippen molar-refractivity contribution in [2.24, 2.45) is 0 Å². The van der Waals surface area contributed by atoms with Gasteiger partial charge in [0.15, 0.2) is 0 Å². The summed E-state index contributed by atoms with van der Waals surface area (Å²) in [6, 6.07) is 42.5. The average molecular weight is 1750 g/mol. The van der Waals surface area contributed by atoms with Crippen LogP contribution in [0.4, 0.5) is 22.7 Å². The molecule has 0 aliphatic carbocycles. The third-order valence-corrected chi connectivity index (χ3v) is 22.3. The van der Waals surface area contributed by atoms with E-state index in [9.17, 15) is 9.59 Å². The molecule has 2 aliphatic heterocycles. The first-order valence-corrected chi connectivity index (χ1v) is 50.3. The Hall–Kier alpha value is -3.99. The zero-order chi connectivity index (χ0) is 71.4. The third-order valence-electron chi connectivity index (χ3n) is 16.9. The van der Waals surface area contributed by atoms with Gasteiger partial charge in [-0.05, 0) is 91.9 Å². The number of hydrogen-bond acceptors (Lipinski definition) is 10. The van der Waals surface area contributed by atoms with Crippen LogP contribution < -0.4 is 29.1 Å². The van der Waals surface area contributed by atoms with Crippen molar-refractivity contribution in [1.82, 2.24) is 10.1 Å². The molecule has 2 atom stereocenters. The Balaban J connectivity index is 0.000000236. The summed E-state index contributed by atoms with van der Waals surface area (Å²) in [7, 11) is 16.7. The third kappa shape index (κ3) is 23.0. The van der Waals surface area contributed by atoms with Gasteiger partial charge in [-0.1, -0.05) is 184 Å². The maximum absolute atomic E-state index is 11.9.